The minimum atomic E-state index is -0.357. The van der Waals surface area contributed by atoms with Crippen LogP contribution in [0.3, 0.4) is 0 Å². The molecule has 2 aromatic heterocycles. The van der Waals surface area contributed by atoms with Gasteiger partial charge in [0.2, 0.25) is 0 Å². The van der Waals surface area contributed by atoms with E-state index in [1.165, 1.54) is 25.0 Å². The average molecular weight is 463 g/mol. The van der Waals surface area contributed by atoms with Gasteiger partial charge in [0.15, 0.2) is 10.8 Å². The van der Waals surface area contributed by atoms with Crippen LogP contribution in [0.15, 0.2) is 66.2 Å². The molecule has 1 saturated heterocycles. The number of carbonyl (C=O) groups is 1. The standard InChI is InChI=1S/C24H23FN6OS/c25-19-8-10-21(11-9-19)31(15-20-17-33-24(26-20)29-12-4-5-13-29)23(32)22-16-30(28-27-22)14-18-6-2-1-3-7-18/h1-3,6-11,16-17H,4-5,12-15H2. The van der Waals surface area contributed by atoms with Gasteiger partial charge in [-0.05, 0) is 42.7 Å². The van der Waals surface area contributed by atoms with Gasteiger partial charge in [0.1, 0.15) is 5.82 Å². The molecule has 33 heavy (non-hydrogen) atoms. The molecule has 168 valence electrons. The van der Waals surface area contributed by atoms with Crippen LogP contribution in [0.5, 0.6) is 0 Å². The van der Waals surface area contributed by atoms with Crippen molar-refractivity contribution in [3.05, 3.63) is 88.9 Å². The molecule has 9 heteroatoms. The van der Waals surface area contributed by atoms with Gasteiger partial charge < -0.3 is 9.80 Å². The second-order valence-corrected chi connectivity index (χ2v) is 8.81. The number of anilines is 2. The fraction of sp³-hybridized carbons (Fsp3) is 0.250. The van der Waals surface area contributed by atoms with Gasteiger partial charge >= 0.3 is 0 Å². The van der Waals surface area contributed by atoms with E-state index >= 15 is 0 Å². The normalized spacial score (nSPS) is 13.4. The second-order valence-electron chi connectivity index (χ2n) is 7.97. The van der Waals surface area contributed by atoms with Crippen molar-refractivity contribution >= 4 is 28.1 Å². The van der Waals surface area contributed by atoms with Crippen LogP contribution >= 0.6 is 11.3 Å². The molecule has 0 aliphatic carbocycles. The van der Waals surface area contributed by atoms with Crippen LogP contribution in [0.2, 0.25) is 0 Å². The van der Waals surface area contributed by atoms with Gasteiger partial charge in [-0.3, -0.25) is 4.79 Å². The quantitative estimate of drug-likeness (QED) is 0.408. The summed E-state index contributed by atoms with van der Waals surface area (Å²) in [6.07, 6.45) is 3.99. The smallest absolute Gasteiger partial charge is 0.280 e. The molecule has 0 radical (unpaired) electrons. The number of halogens is 1. The summed E-state index contributed by atoms with van der Waals surface area (Å²) in [5.74, 6) is -0.665. The highest BCUT2D eigenvalue weighted by molar-refractivity contribution is 7.13. The summed E-state index contributed by atoms with van der Waals surface area (Å²) in [6.45, 7) is 2.81. The lowest BCUT2D eigenvalue weighted by molar-refractivity contribution is 0.0980. The predicted octanol–water partition coefficient (Wildman–Crippen LogP) is 4.37. The maximum Gasteiger partial charge on any atom is 0.280 e. The molecule has 1 aliphatic heterocycles. The molecule has 0 atom stereocenters. The van der Waals surface area contributed by atoms with Crippen LogP contribution < -0.4 is 9.80 Å². The van der Waals surface area contributed by atoms with Crippen molar-refractivity contribution in [1.29, 1.82) is 0 Å². The first-order chi connectivity index (χ1) is 16.2. The third-order valence-corrected chi connectivity index (χ3v) is 6.52. The lowest BCUT2D eigenvalue weighted by Gasteiger charge is -2.21. The maximum absolute atomic E-state index is 13.5. The molecule has 1 amide bonds. The van der Waals surface area contributed by atoms with Crippen molar-refractivity contribution in [3.63, 3.8) is 0 Å². The number of rotatable bonds is 7. The van der Waals surface area contributed by atoms with Crippen molar-refractivity contribution in [1.82, 2.24) is 20.0 Å². The first-order valence-corrected chi connectivity index (χ1v) is 11.7. The second kappa shape index (κ2) is 9.50. The van der Waals surface area contributed by atoms with Crippen LogP contribution in [0.1, 0.15) is 34.6 Å². The van der Waals surface area contributed by atoms with Crippen LogP contribution in [0, 0.1) is 5.82 Å². The van der Waals surface area contributed by atoms with Crippen LogP contribution in [-0.4, -0.2) is 39.0 Å². The van der Waals surface area contributed by atoms with E-state index in [0.29, 0.717) is 12.2 Å². The summed E-state index contributed by atoms with van der Waals surface area (Å²) in [7, 11) is 0. The first kappa shape index (κ1) is 21.3. The largest absolute Gasteiger partial charge is 0.348 e. The molecule has 2 aromatic carbocycles. The number of hydrogen-bond donors (Lipinski definition) is 0. The van der Waals surface area contributed by atoms with E-state index in [2.05, 4.69) is 15.2 Å². The Morgan fingerprint density at radius 1 is 1.06 bits per heavy atom. The maximum atomic E-state index is 13.5. The molecule has 1 aliphatic rings. The molecule has 0 unspecified atom stereocenters. The highest BCUT2D eigenvalue weighted by Crippen LogP contribution is 2.27. The number of thiazole rings is 1. The van der Waals surface area contributed by atoms with E-state index in [0.717, 1.165) is 29.5 Å². The molecule has 0 spiro atoms. The van der Waals surface area contributed by atoms with Gasteiger partial charge in [-0.2, -0.15) is 0 Å². The minimum absolute atomic E-state index is 0.227. The number of nitrogens with zero attached hydrogens (tertiary/aromatic N) is 6. The van der Waals surface area contributed by atoms with E-state index in [-0.39, 0.29) is 24.0 Å². The Balaban J connectivity index is 1.38. The Bertz CT molecular complexity index is 1220. The monoisotopic (exact) mass is 462 g/mol. The summed E-state index contributed by atoms with van der Waals surface area (Å²) in [5, 5.41) is 11.2. The molecule has 5 rings (SSSR count). The van der Waals surface area contributed by atoms with Gasteiger partial charge in [0.25, 0.3) is 5.91 Å². The van der Waals surface area contributed by atoms with Gasteiger partial charge in [-0.25, -0.2) is 14.1 Å². The molecule has 0 N–H and O–H groups in total. The van der Waals surface area contributed by atoms with Crippen molar-refractivity contribution in [2.75, 3.05) is 22.9 Å². The van der Waals surface area contributed by atoms with Crippen LogP contribution in [0.25, 0.3) is 0 Å². The SMILES string of the molecule is O=C(c1cn(Cc2ccccc2)nn1)N(Cc1csc(N2CCCC2)n1)c1ccc(F)cc1. The van der Waals surface area contributed by atoms with Crippen molar-refractivity contribution in [2.45, 2.75) is 25.9 Å². The summed E-state index contributed by atoms with van der Waals surface area (Å²) in [4.78, 5) is 22.0. The summed E-state index contributed by atoms with van der Waals surface area (Å²) in [6, 6.07) is 15.7. The van der Waals surface area contributed by atoms with Crippen molar-refractivity contribution in [2.24, 2.45) is 0 Å². The van der Waals surface area contributed by atoms with E-state index in [4.69, 9.17) is 4.98 Å². The Morgan fingerprint density at radius 2 is 1.82 bits per heavy atom. The van der Waals surface area contributed by atoms with E-state index < -0.39 is 0 Å². The Morgan fingerprint density at radius 3 is 2.58 bits per heavy atom. The molecular weight excluding hydrogens is 439 g/mol. The van der Waals surface area contributed by atoms with Crippen molar-refractivity contribution < 1.29 is 9.18 Å². The number of hydrogen-bond acceptors (Lipinski definition) is 6. The molecule has 3 heterocycles. The third-order valence-electron chi connectivity index (χ3n) is 5.56. The minimum Gasteiger partial charge on any atom is -0.348 e. The zero-order chi connectivity index (χ0) is 22.6. The molecular formula is C24H23FN6OS. The summed E-state index contributed by atoms with van der Waals surface area (Å²) < 4.78 is 15.2. The summed E-state index contributed by atoms with van der Waals surface area (Å²) >= 11 is 1.58. The zero-order valence-corrected chi connectivity index (χ0v) is 18.8. The van der Waals surface area contributed by atoms with E-state index in [9.17, 15) is 9.18 Å². The van der Waals surface area contributed by atoms with Gasteiger partial charge in [0.05, 0.1) is 25.0 Å². The highest BCUT2D eigenvalue weighted by atomic mass is 32.1. The van der Waals surface area contributed by atoms with Gasteiger partial charge in [-0.1, -0.05) is 35.5 Å². The number of carbonyl (C=O) groups excluding carboxylic acids is 1. The lowest BCUT2D eigenvalue weighted by atomic mass is 10.2. The number of benzene rings is 2. The fourth-order valence-corrected chi connectivity index (χ4v) is 4.74. The number of amides is 1. The van der Waals surface area contributed by atoms with Crippen LogP contribution in [0.4, 0.5) is 15.2 Å². The Kier molecular flexibility index (Phi) is 6.12. The zero-order valence-electron chi connectivity index (χ0n) is 18.0. The Hall–Kier alpha value is -3.59. The van der Waals surface area contributed by atoms with Crippen LogP contribution in [-0.2, 0) is 13.1 Å². The fourth-order valence-electron chi connectivity index (χ4n) is 3.87. The first-order valence-electron chi connectivity index (χ1n) is 10.9. The summed E-state index contributed by atoms with van der Waals surface area (Å²) in [5.41, 5.74) is 2.66. The molecule has 1 fully saturated rings. The Labute approximate surface area is 195 Å². The van der Waals surface area contributed by atoms with Gasteiger partial charge in [-0.15, -0.1) is 16.4 Å². The lowest BCUT2D eigenvalue weighted by Crippen LogP contribution is -2.31. The molecule has 0 bridgehead atoms. The molecule has 0 saturated carbocycles. The molecule has 4 aromatic rings. The predicted molar refractivity (Wildman–Crippen MR) is 126 cm³/mol. The third kappa shape index (κ3) is 4.93. The molecule has 7 nitrogen and oxygen atoms in total. The topological polar surface area (TPSA) is 67.2 Å². The number of aromatic nitrogens is 4. The average Bonchev–Trinajstić information content (AvgIpc) is 3.60. The van der Waals surface area contributed by atoms with E-state index in [1.54, 1.807) is 39.2 Å². The van der Waals surface area contributed by atoms with E-state index in [1.807, 2.05) is 35.7 Å². The van der Waals surface area contributed by atoms with Gasteiger partial charge in [0, 0.05) is 24.2 Å². The highest BCUT2D eigenvalue weighted by Gasteiger charge is 2.23. The van der Waals surface area contributed by atoms with Crippen molar-refractivity contribution in [3.8, 4) is 0 Å².